The van der Waals surface area contributed by atoms with E-state index < -0.39 is 0 Å². The number of urea groups is 1. The van der Waals surface area contributed by atoms with Crippen molar-refractivity contribution in [3.8, 4) is 0 Å². The first kappa shape index (κ1) is 12.0. The largest absolute Gasteiger partial charge is 0.338 e. The third kappa shape index (κ3) is 3.87. The molecule has 2 heterocycles. The second kappa shape index (κ2) is 6.35. The molecule has 92 valence electrons. The molecule has 2 rings (SSSR count). The molecule has 1 atom stereocenters. The van der Waals surface area contributed by atoms with E-state index in [2.05, 4.69) is 16.0 Å². The molecule has 0 bridgehead atoms. The van der Waals surface area contributed by atoms with Crippen LogP contribution in [0.3, 0.4) is 0 Å². The molecule has 16 heavy (non-hydrogen) atoms. The molecule has 0 radical (unpaired) electrons. The van der Waals surface area contributed by atoms with Gasteiger partial charge in [-0.15, -0.1) is 0 Å². The van der Waals surface area contributed by atoms with Crippen LogP contribution in [0.25, 0.3) is 0 Å². The molecule has 0 aromatic carbocycles. The average Bonchev–Trinajstić information content (AvgIpc) is 2.26. The van der Waals surface area contributed by atoms with Gasteiger partial charge in [0.15, 0.2) is 0 Å². The summed E-state index contributed by atoms with van der Waals surface area (Å²) < 4.78 is 0. The average molecular weight is 243 g/mol. The fraction of sp³-hybridized carbons (Fsp3) is 0.909. The van der Waals surface area contributed by atoms with Gasteiger partial charge in [-0.05, 0) is 18.6 Å². The van der Waals surface area contributed by atoms with E-state index in [1.807, 2.05) is 11.8 Å². The quantitative estimate of drug-likeness (QED) is 0.684. The standard InChI is InChI=1S/C11H21N3OS/c15-11(13-7-9-5-12-6-9)14-8-10-3-1-2-4-16-10/h9-10,12H,1-8H2,(H2,13,14,15). The number of nitrogens with one attached hydrogen (secondary N) is 3. The van der Waals surface area contributed by atoms with Crippen molar-refractivity contribution in [1.29, 1.82) is 0 Å². The highest BCUT2D eigenvalue weighted by molar-refractivity contribution is 7.99. The molecule has 2 aliphatic rings. The molecule has 2 fully saturated rings. The number of thioether (sulfide) groups is 1. The monoisotopic (exact) mass is 243 g/mol. The van der Waals surface area contributed by atoms with E-state index in [1.54, 1.807) is 0 Å². The molecular weight excluding hydrogens is 222 g/mol. The molecule has 0 saturated carbocycles. The van der Waals surface area contributed by atoms with Crippen molar-refractivity contribution in [3.63, 3.8) is 0 Å². The van der Waals surface area contributed by atoms with Gasteiger partial charge in [0.1, 0.15) is 0 Å². The van der Waals surface area contributed by atoms with Gasteiger partial charge >= 0.3 is 6.03 Å². The Morgan fingerprint density at radius 3 is 2.69 bits per heavy atom. The molecule has 5 heteroatoms. The topological polar surface area (TPSA) is 53.2 Å². The summed E-state index contributed by atoms with van der Waals surface area (Å²) >= 11 is 1.99. The molecule has 2 saturated heterocycles. The van der Waals surface area contributed by atoms with Gasteiger partial charge in [0.05, 0.1) is 0 Å². The second-order valence-electron chi connectivity index (χ2n) is 4.60. The fourth-order valence-corrected chi connectivity index (χ4v) is 3.21. The van der Waals surface area contributed by atoms with Crippen molar-refractivity contribution in [2.24, 2.45) is 5.92 Å². The number of carbonyl (C=O) groups excluding carboxylic acids is 1. The maximum atomic E-state index is 11.5. The van der Waals surface area contributed by atoms with E-state index in [0.717, 1.165) is 26.2 Å². The third-order valence-corrected chi connectivity index (χ3v) is 4.58. The number of rotatable bonds is 4. The van der Waals surface area contributed by atoms with Crippen LogP contribution in [0.15, 0.2) is 0 Å². The van der Waals surface area contributed by atoms with Crippen LogP contribution in [-0.4, -0.2) is 43.2 Å². The van der Waals surface area contributed by atoms with Gasteiger partial charge in [-0.3, -0.25) is 0 Å². The fourth-order valence-electron chi connectivity index (χ4n) is 1.97. The lowest BCUT2D eigenvalue weighted by molar-refractivity contribution is 0.235. The van der Waals surface area contributed by atoms with Gasteiger partial charge in [0.25, 0.3) is 0 Å². The van der Waals surface area contributed by atoms with Gasteiger partial charge in [-0.25, -0.2) is 4.79 Å². The van der Waals surface area contributed by atoms with Gasteiger partial charge in [0.2, 0.25) is 0 Å². The molecule has 2 amide bonds. The molecule has 1 unspecified atom stereocenters. The summed E-state index contributed by atoms with van der Waals surface area (Å²) in [6.45, 7) is 3.70. The Hall–Kier alpha value is -0.420. The molecular formula is C11H21N3OS. The Morgan fingerprint density at radius 2 is 2.06 bits per heavy atom. The maximum absolute atomic E-state index is 11.5. The highest BCUT2D eigenvalue weighted by atomic mass is 32.2. The predicted octanol–water partition coefficient (Wildman–Crippen LogP) is 0.791. The zero-order valence-electron chi connectivity index (χ0n) is 9.63. The van der Waals surface area contributed by atoms with E-state index in [0.29, 0.717) is 11.2 Å². The first-order valence-electron chi connectivity index (χ1n) is 6.18. The van der Waals surface area contributed by atoms with E-state index >= 15 is 0 Å². The lowest BCUT2D eigenvalue weighted by atomic mass is 10.0. The van der Waals surface area contributed by atoms with Gasteiger partial charge in [0, 0.05) is 37.3 Å². The third-order valence-electron chi connectivity index (χ3n) is 3.18. The van der Waals surface area contributed by atoms with Gasteiger partial charge < -0.3 is 16.0 Å². The van der Waals surface area contributed by atoms with Crippen LogP contribution in [0.4, 0.5) is 4.79 Å². The highest BCUT2D eigenvalue weighted by Crippen LogP contribution is 2.24. The van der Waals surface area contributed by atoms with Gasteiger partial charge in [-0.2, -0.15) is 11.8 Å². The lowest BCUT2D eigenvalue weighted by Crippen LogP contribution is -2.50. The summed E-state index contributed by atoms with van der Waals surface area (Å²) in [6, 6.07) is -0.00178. The van der Waals surface area contributed by atoms with Crippen LogP contribution < -0.4 is 16.0 Å². The molecule has 0 spiro atoms. The van der Waals surface area contributed by atoms with Gasteiger partial charge in [-0.1, -0.05) is 6.42 Å². The minimum absolute atomic E-state index is 0.00178. The van der Waals surface area contributed by atoms with Crippen LogP contribution in [0.1, 0.15) is 19.3 Å². The zero-order valence-corrected chi connectivity index (χ0v) is 10.4. The number of hydrogen-bond acceptors (Lipinski definition) is 3. The molecule has 4 nitrogen and oxygen atoms in total. The lowest BCUT2D eigenvalue weighted by Gasteiger charge is -2.27. The Kier molecular flexibility index (Phi) is 4.78. The minimum atomic E-state index is -0.00178. The van der Waals surface area contributed by atoms with Crippen molar-refractivity contribution in [2.75, 3.05) is 31.9 Å². The van der Waals surface area contributed by atoms with Crippen LogP contribution >= 0.6 is 11.8 Å². The molecule has 3 N–H and O–H groups in total. The highest BCUT2D eigenvalue weighted by Gasteiger charge is 2.18. The van der Waals surface area contributed by atoms with Crippen LogP contribution in [0.2, 0.25) is 0 Å². The molecule has 0 aromatic rings. The predicted molar refractivity (Wildman–Crippen MR) is 67.9 cm³/mol. The summed E-state index contributed by atoms with van der Waals surface area (Å²) in [5.74, 6) is 1.89. The first-order chi connectivity index (χ1) is 7.84. The number of carbonyl (C=O) groups is 1. The number of hydrogen-bond donors (Lipinski definition) is 3. The van der Waals surface area contributed by atoms with E-state index in [1.165, 1.54) is 25.0 Å². The summed E-state index contributed by atoms with van der Waals surface area (Å²) in [5.41, 5.74) is 0. The first-order valence-corrected chi connectivity index (χ1v) is 7.23. The van der Waals surface area contributed by atoms with E-state index in [9.17, 15) is 4.79 Å². The SMILES string of the molecule is O=C(NCC1CNC1)NCC1CCCCS1. The maximum Gasteiger partial charge on any atom is 0.314 e. The normalized spacial score (nSPS) is 25.9. The molecule has 0 aromatic heterocycles. The summed E-state index contributed by atoms with van der Waals surface area (Å²) in [4.78, 5) is 11.5. The Balaban J connectivity index is 1.52. The Labute approximate surface area is 101 Å². The van der Waals surface area contributed by atoms with Crippen molar-refractivity contribution < 1.29 is 4.79 Å². The van der Waals surface area contributed by atoms with Crippen LogP contribution in [0, 0.1) is 5.92 Å². The summed E-state index contributed by atoms with van der Waals surface area (Å²) in [5, 5.41) is 9.71. The van der Waals surface area contributed by atoms with E-state index in [-0.39, 0.29) is 6.03 Å². The Bertz CT molecular complexity index is 227. The van der Waals surface area contributed by atoms with Crippen molar-refractivity contribution in [1.82, 2.24) is 16.0 Å². The van der Waals surface area contributed by atoms with Crippen molar-refractivity contribution in [2.45, 2.75) is 24.5 Å². The molecule has 2 aliphatic heterocycles. The summed E-state index contributed by atoms with van der Waals surface area (Å²) in [7, 11) is 0. The minimum Gasteiger partial charge on any atom is -0.338 e. The Morgan fingerprint density at radius 1 is 1.25 bits per heavy atom. The number of amides is 2. The van der Waals surface area contributed by atoms with E-state index in [4.69, 9.17) is 0 Å². The zero-order chi connectivity index (χ0) is 11.2. The molecule has 0 aliphatic carbocycles. The summed E-state index contributed by atoms with van der Waals surface area (Å²) in [6.07, 6.45) is 3.90. The second-order valence-corrected chi connectivity index (χ2v) is 6.01. The van der Waals surface area contributed by atoms with Crippen molar-refractivity contribution in [3.05, 3.63) is 0 Å². The van der Waals surface area contributed by atoms with Crippen LogP contribution in [-0.2, 0) is 0 Å². The smallest absolute Gasteiger partial charge is 0.314 e. The van der Waals surface area contributed by atoms with Crippen molar-refractivity contribution >= 4 is 17.8 Å². The van der Waals surface area contributed by atoms with Crippen LogP contribution in [0.5, 0.6) is 0 Å².